The van der Waals surface area contributed by atoms with Gasteiger partial charge in [0.05, 0.1) is 28.5 Å². The zero-order valence-electron chi connectivity index (χ0n) is 20.7. The van der Waals surface area contributed by atoms with Crippen LogP contribution in [0, 0.1) is 12.3 Å². The van der Waals surface area contributed by atoms with Gasteiger partial charge in [-0.2, -0.15) is 0 Å². The van der Waals surface area contributed by atoms with Crippen molar-refractivity contribution in [2.24, 2.45) is 4.99 Å². The lowest BCUT2D eigenvalue weighted by molar-refractivity contribution is -0.139. The maximum Gasteiger partial charge on any atom is 0.338 e. The fourth-order valence-corrected chi connectivity index (χ4v) is 5.71. The van der Waals surface area contributed by atoms with Gasteiger partial charge < -0.3 is 9.47 Å². The number of carbonyl (C=O) groups is 1. The Morgan fingerprint density at radius 1 is 1.18 bits per heavy atom. The molecule has 1 aromatic heterocycles. The average molecular weight is 543 g/mol. The van der Waals surface area contributed by atoms with E-state index in [4.69, 9.17) is 27.5 Å². The van der Waals surface area contributed by atoms with Gasteiger partial charge in [-0.3, -0.25) is 9.36 Å². The molecular weight excluding hydrogens is 520 g/mol. The molecule has 0 unspecified atom stereocenters. The summed E-state index contributed by atoms with van der Waals surface area (Å²) >= 11 is 7.39. The zero-order chi connectivity index (χ0) is 26.8. The number of allylic oxidation sites excluding steroid dienone is 1. The van der Waals surface area contributed by atoms with E-state index in [1.54, 1.807) is 48.8 Å². The number of esters is 1. The summed E-state index contributed by atoms with van der Waals surface area (Å²) in [7, 11) is 0. The minimum absolute atomic E-state index is 0.0963. The summed E-state index contributed by atoms with van der Waals surface area (Å²) in [6, 6.07) is 18.0. The molecule has 190 valence electrons. The summed E-state index contributed by atoms with van der Waals surface area (Å²) in [6.45, 7) is 3.79. The van der Waals surface area contributed by atoms with Crippen LogP contribution in [0.2, 0.25) is 5.02 Å². The van der Waals surface area contributed by atoms with Crippen molar-refractivity contribution >= 4 is 45.8 Å². The second kappa shape index (κ2) is 10.7. The van der Waals surface area contributed by atoms with Crippen molar-refractivity contribution in [3.8, 4) is 18.1 Å². The van der Waals surface area contributed by atoms with Gasteiger partial charge in [0, 0.05) is 10.6 Å². The number of thiazole rings is 1. The molecule has 0 spiro atoms. The van der Waals surface area contributed by atoms with Crippen LogP contribution in [0.25, 0.3) is 16.8 Å². The van der Waals surface area contributed by atoms with E-state index in [1.807, 2.05) is 36.4 Å². The van der Waals surface area contributed by atoms with Crippen LogP contribution in [-0.4, -0.2) is 23.8 Å². The molecular formula is C30H23ClN2O4S. The molecule has 0 fully saturated rings. The molecule has 0 aliphatic carbocycles. The lowest BCUT2D eigenvalue weighted by atomic mass is 9.96. The number of fused-ring (bicyclic) bond motifs is 2. The van der Waals surface area contributed by atoms with E-state index in [-0.39, 0.29) is 18.8 Å². The Balaban J connectivity index is 1.77. The summed E-state index contributed by atoms with van der Waals surface area (Å²) < 4.78 is 13.2. The Morgan fingerprint density at radius 2 is 1.95 bits per heavy atom. The van der Waals surface area contributed by atoms with Crippen LogP contribution in [0.3, 0.4) is 0 Å². The first-order valence-corrected chi connectivity index (χ1v) is 13.2. The molecule has 6 nitrogen and oxygen atoms in total. The van der Waals surface area contributed by atoms with Crippen molar-refractivity contribution in [1.82, 2.24) is 4.57 Å². The smallest absolute Gasteiger partial charge is 0.338 e. The van der Waals surface area contributed by atoms with Gasteiger partial charge in [0.15, 0.2) is 4.80 Å². The van der Waals surface area contributed by atoms with E-state index in [0.29, 0.717) is 31.4 Å². The quantitative estimate of drug-likeness (QED) is 0.263. The number of rotatable bonds is 6. The van der Waals surface area contributed by atoms with E-state index in [2.05, 4.69) is 10.9 Å². The maximum absolute atomic E-state index is 14.0. The lowest BCUT2D eigenvalue weighted by Gasteiger charge is -2.24. The number of ether oxygens (including phenoxy) is 2. The van der Waals surface area contributed by atoms with Crippen LogP contribution in [0.15, 0.2) is 81.7 Å². The van der Waals surface area contributed by atoms with Crippen LogP contribution >= 0.6 is 22.9 Å². The van der Waals surface area contributed by atoms with Gasteiger partial charge in [-0.1, -0.05) is 71.3 Å². The van der Waals surface area contributed by atoms with Gasteiger partial charge in [-0.25, -0.2) is 9.79 Å². The van der Waals surface area contributed by atoms with Crippen LogP contribution in [0.5, 0.6) is 5.75 Å². The summed E-state index contributed by atoms with van der Waals surface area (Å²) in [6.07, 6.45) is 7.24. The molecule has 3 aromatic carbocycles. The largest absolute Gasteiger partial charge is 0.480 e. The van der Waals surface area contributed by atoms with Gasteiger partial charge in [-0.15, -0.1) is 6.42 Å². The minimum Gasteiger partial charge on any atom is -0.480 e. The second-order valence-corrected chi connectivity index (χ2v) is 9.99. The van der Waals surface area contributed by atoms with Gasteiger partial charge in [-0.05, 0) is 54.5 Å². The fourth-order valence-electron chi connectivity index (χ4n) is 4.55. The number of halogens is 1. The molecule has 5 rings (SSSR count). The topological polar surface area (TPSA) is 69.9 Å². The molecule has 8 heteroatoms. The SMILES string of the molecule is C#CCOc1ccc2ccccc2c1/C=c1\sc2n(c1=O)[C@H](c1ccc(Cl)cc1)C(C(=O)OCC)=C(C)N=2. The third-order valence-electron chi connectivity index (χ3n) is 6.22. The van der Waals surface area contributed by atoms with Gasteiger partial charge in [0.2, 0.25) is 0 Å². The van der Waals surface area contributed by atoms with Crippen molar-refractivity contribution in [3.63, 3.8) is 0 Å². The molecule has 1 atom stereocenters. The zero-order valence-corrected chi connectivity index (χ0v) is 22.3. The molecule has 0 saturated heterocycles. The molecule has 1 aliphatic heterocycles. The number of hydrogen-bond acceptors (Lipinski definition) is 6. The molecule has 38 heavy (non-hydrogen) atoms. The van der Waals surface area contributed by atoms with E-state index < -0.39 is 12.0 Å². The summed E-state index contributed by atoms with van der Waals surface area (Å²) in [5, 5.41) is 2.47. The second-order valence-electron chi connectivity index (χ2n) is 8.55. The number of carbonyl (C=O) groups excluding carboxylic acids is 1. The fraction of sp³-hybridized carbons (Fsp3) is 0.167. The summed E-state index contributed by atoms with van der Waals surface area (Å²) in [5.41, 5.74) is 2.00. The van der Waals surface area contributed by atoms with Crippen molar-refractivity contribution in [2.45, 2.75) is 19.9 Å². The Labute approximate surface area is 228 Å². The third-order valence-corrected chi connectivity index (χ3v) is 7.45. The molecule has 2 heterocycles. The molecule has 0 saturated carbocycles. The highest BCUT2D eigenvalue weighted by Crippen LogP contribution is 2.32. The molecule has 4 aromatic rings. The number of terminal acetylenes is 1. The van der Waals surface area contributed by atoms with Crippen molar-refractivity contribution in [2.75, 3.05) is 13.2 Å². The first-order chi connectivity index (χ1) is 18.4. The lowest BCUT2D eigenvalue weighted by Crippen LogP contribution is -2.39. The Kier molecular flexibility index (Phi) is 7.19. The Hall–Kier alpha value is -4.12. The number of benzene rings is 3. The predicted octanol–water partition coefficient (Wildman–Crippen LogP) is 4.62. The van der Waals surface area contributed by atoms with Crippen molar-refractivity contribution in [1.29, 1.82) is 0 Å². The first-order valence-electron chi connectivity index (χ1n) is 12.0. The number of hydrogen-bond donors (Lipinski definition) is 0. The van der Waals surface area contributed by atoms with Gasteiger partial charge >= 0.3 is 5.97 Å². The van der Waals surface area contributed by atoms with E-state index >= 15 is 0 Å². The normalized spacial score (nSPS) is 15.1. The minimum atomic E-state index is -0.714. The van der Waals surface area contributed by atoms with Crippen molar-refractivity contribution < 1.29 is 14.3 Å². The standard InChI is InChI=1S/C30H23ClN2O4S/c1-4-16-37-24-15-12-19-8-6-7-9-22(19)23(24)17-25-28(34)33-27(20-10-13-21(31)14-11-20)26(29(35)36-5-2)18(3)32-30(33)38-25/h1,6-15,17,27H,5,16H2,2-3H3/b25-17-/t27-/m1/s1. The molecule has 0 bridgehead atoms. The number of aromatic nitrogens is 1. The highest BCUT2D eigenvalue weighted by atomic mass is 35.5. The third kappa shape index (κ3) is 4.65. The molecule has 1 aliphatic rings. The predicted molar refractivity (Wildman–Crippen MR) is 150 cm³/mol. The van der Waals surface area contributed by atoms with Crippen LogP contribution in [0.1, 0.15) is 31.0 Å². The molecule has 0 amide bonds. The van der Waals surface area contributed by atoms with Crippen LogP contribution in [-0.2, 0) is 9.53 Å². The average Bonchev–Trinajstić information content (AvgIpc) is 3.22. The molecule has 0 N–H and O–H groups in total. The van der Waals surface area contributed by atoms with Crippen molar-refractivity contribution in [3.05, 3.63) is 108 Å². The molecule has 0 radical (unpaired) electrons. The first kappa shape index (κ1) is 25.5. The van der Waals surface area contributed by atoms with E-state index in [0.717, 1.165) is 21.9 Å². The highest BCUT2D eigenvalue weighted by Gasteiger charge is 2.33. The van der Waals surface area contributed by atoms with E-state index in [9.17, 15) is 9.59 Å². The summed E-state index contributed by atoms with van der Waals surface area (Å²) in [5.74, 6) is 2.55. The van der Waals surface area contributed by atoms with Gasteiger partial charge in [0.25, 0.3) is 5.56 Å². The maximum atomic E-state index is 14.0. The monoisotopic (exact) mass is 542 g/mol. The van der Waals surface area contributed by atoms with E-state index in [1.165, 1.54) is 11.3 Å². The highest BCUT2D eigenvalue weighted by molar-refractivity contribution is 7.07. The number of nitrogens with zero attached hydrogens (tertiary/aromatic N) is 2. The van der Waals surface area contributed by atoms with Gasteiger partial charge in [0.1, 0.15) is 12.4 Å². The van der Waals surface area contributed by atoms with Crippen LogP contribution in [0.4, 0.5) is 0 Å². The Morgan fingerprint density at radius 3 is 2.68 bits per heavy atom. The summed E-state index contributed by atoms with van der Waals surface area (Å²) in [4.78, 5) is 32.1. The Bertz CT molecular complexity index is 1810. The van der Waals surface area contributed by atoms with Crippen LogP contribution < -0.4 is 19.6 Å².